The maximum absolute atomic E-state index is 12.2. The van der Waals surface area contributed by atoms with E-state index in [1.807, 2.05) is 6.92 Å². The Labute approximate surface area is 129 Å². The van der Waals surface area contributed by atoms with Gasteiger partial charge in [0.25, 0.3) is 5.91 Å². The first kappa shape index (κ1) is 15.0. The molecular weight excluding hydrogens is 338 g/mol. The number of amidine groups is 1. The zero-order valence-corrected chi connectivity index (χ0v) is 13.0. The fourth-order valence-electron chi connectivity index (χ4n) is 1.74. The first-order chi connectivity index (χ1) is 9.93. The minimum Gasteiger partial charge on any atom is -0.409 e. The van der Waals surface area contributed by atoms with Crippen molar-refractivity contribution < 1.29 is 10.0 Å². The number of halogens is 1. The van der Waals surface area contributed by atoms with Crippen LogP contribution in [0.15, 0.2) is 34.0 Å². The lowest BCUT2D eigenvalue weighted by molar-refractivity contribution is 0.102. The van der Waals surface area contributed by atoms with Crippen molar-refractivity contribution >= 4 is 33.4 Å². The van der Waals surface area contributed by atoms with E-state index in [1.165, 1.54) is 6.20 Å². The molecule has 0 aliphatic carbocycles. The van der Waals surface area contributed by atoms with E-state index in [0.29, 0.717) is 21.3 Å². The molecule has 1 amide bonds. The molecule has 1 aromatic carbocycles. The quantitative estimate of drug-likeness (QED) is 0.339. The summed E-state index contributed by atoms with van der Waals surface area (Å²) >= 11 is 3.34. The lowest BCUT2D eigenvalue weighted by Gasteiger charge is -2.08. The highest BCUT2D eigenvalue weighted by Crippen LogP contribution is 2.24. The number of nitrogens with zero attached hydrogens (tertiary/aromatic N) is 3. The molecule has 1 heterocycles. The molecular formula is C13H14BrN5O2. The summed E-state index contributed by atoms with van der Waals surface area (Å²) in [5.41, 5.74) is 7.91. The topological polar surface area (TPSA) is 106 Å². The number of anilines is 1. The highest BCUT2D eigenvalue weighted by Gasteiger charge is 2.14. The predicted molar refractivity (Wildman–Crippen MR) is 82.6 cm³/mol. The predicted octanol–water partition coefficient (Wildman–Crippen LogP) is 1.84. The Balaban J connectivity index is 2.24. The fourth-order valence-corrected chi connectivity index (χ4v) is 2.22. The van der Waals surface area contributed by atoms with E-state index in [9.17, 15) is 4.79 Å². The number of hydrogen-bond acceptors (Lipinski definition) is 4. The van der Waals surface area contributed by atoms with Crippen LogP contribution in [0.4, 0.5) is 5.69 Å². The molecule has 2 rings (SSSR count). The fraction of sp³-hybridized carbons (Fsp3) is 0.154. The van der Waals surface area contributed by atoms with Crippen LogP contribution in [0.1, 0.15) is 21.6 Å². The van der Waals surface area contributed by atoms with Gasteiger partial charge in [-0.2, -0.15) is 5.10 Å². The highest BCUT2D eigenvalue weighted by molar-refractivity contribution is 9.10. The minimum absolute atomic E-state index is 0.00307. The second kappa shape index (κ2) is 5.96. The van der Waals surface area contributed by atoms with Crippen LogP contribution >= 0.6 is 15.9 Å². The van der Waals surface area contributed by atoms with Gasteiger partial charge in [0.05, 0.1) is 17.4 Å². The largest absolute Gasteiger partial charge is 0.409 e. The molecule has 0 radical (unpaired) electrons. The van der Waals surface area contributed by atoms with Crippen LogP contribution in [-0.4, -0.2) is 26.7 Å². The lowest BCUT2D eigenvalue weighted by Crippen LogP contribution is -2.15. The van der Waals surface area contributed by atoms with Crippen LogP contribution in [0.25, 0.3) is 0 Å². The number of nitrogens with two attached hydrogens (primary N) is 1. The second-order valence-corrected chi connectivity index (χ2v) is 5.26. The molecule has 0 saturated heterocycles. The van der Waals surface area contributed by atoms with Gasteiger partial charge in [0, 0.05) is 22.8 Å². The summed E-state index contributed by atoms with van der Waals surface area (Å²) in [7, 11) is 1.77. The van der Waals surface area contributed by atoms with Gasteiger partial charge in [-0.25, -0.2) is 0 Å². The molecule has 4 N–H and O–H groups in total. The summed E-state index contributed by atoms with van der Waals surface area (Å²) in [4.78, 5) is 12.2. The summed E-state index contributed by atoms with van der Waals surface area (Å²) in [6.45, 7) is 1.82. The zero-order chi connectivity index (χ0) is 15.6. The number of carbonyl (C=O) groups excluding carboxylic acids is 1. The number of amides is 1. The molecule has 110 valence electrons. The first-order valence-corrected chi connectivity index (χ1v) is 6.80. The van der Waals surface area contributed by atoms with Crippen molar-refractivity contribution in [3.05, 3.63) is 45.7 Å². The van der Waals surface area contributed by atoms with Gasteiger partial charge in [0.1, 0.15) is 0 Å². The van der Waals surface area contributed by atoms with Crippen molar-refractivity contribution in [2.75, 3.05) is 5.32 Å². The molecule has 0 aliphatic rings. The second-order valence-electron chi connectivity index (χ2n) is 4.40. The molecule has 2 aromatic rings. The van der Waals surface area contributed by atoms with E-state index in [1.54, 1.807) is 29.9 Å². The number of aromatic nitrogens is 2. The van der Waals surface area contributed by atoms with Gasteiger partial charge < -0.3 is 16.3 Å². The normalized spacial score (nSPS) is 11.5. The average molecular weight is 352 g/mol. The van der Waals surface area contributed by atoms with E-state index in [0.717, 1.165) is 5.69 Å². The van der Waals surface area contributed by atoms with Gasteiger partial charge in [-0.05, 0) is 41.1 Å². The Morgan fingerprint density at radius 3 is 2.76 bits per heavy atom. The first-order valence-electron chi connectivity index (χ1n) is 6.01. The SMILES string of the molecule is Cc1c(C(=O)Nc2ccc(/C(N)=N/O)cc2Br)cnn1C. The van der Waals surface area contributed by atoms with Crippen molar-refractivity contribution in [1.82, 2.24) is 9.78 Å². The number of hydrogen-bond donors (Lipinski definition) is 3. The van der Waals surface area contributed by atoms with Gasteiger partial charge >= 0.3 is 0 Å². The summed E-state index contributed by atoms with van der Waals surface area (Å²) in [5.74, 6) is -0.255. The molecule has 8 heteroatoms. The van der Waals surface area contributed by atoms with E-state index < -0.39 is 0 Å². The molecule has 0 fully saturated rings. The smallest absolute Gasteiger partial charge is 0.259 e. The molecule has 0 spiro atoms. The number of aryl methyl sites for hydroxylation is 1. The van der Waals surface area contributed by atoms with Gasteiger partial charge in [-0.1, -0.05) is 5.16 Å². The van der Waals surface area contributed by atoms with Gasteiger partial charge in [-0.15, -0.1) is 0 Å². The number of oxime groups is 1. The summed E-state index contributed by atoms with van der Waals surface area (Å²) in [6.07, 6.45) is 1.52. The standard InChI is InChI=1S/C13H14BrN5O2/c1-7-9(6-16-19(7)2)13(20)17-11-4-3-8(5-10(11)14)12(15)18-21/h3-6,21H,1-2H3,(H2,15,18)(H,17,20). The highest BCUT2D eigenvalue weighted by atomic mass is 79.9. The molecule has 0 aliphatic heterocycles. The van der Waals surface area contributed by atoms with E-state index in [-0.39, 0.29) is 11.7 Å². The molecule has 0 unspecified atom stereocenters. The van der Waals surface area contributed by atoms with Crippen LogP contribution in [0.3, 0.4) is 0 Å². The Morgan fingerprint density at radius 1 is 1.52 bits per heavy atom. The summed E-state index contributed by atoms with van der Waals surface area (Å²) < 4.78 is 2.26. The zero-order valence-electron chi connectivity index (χ0n) is 11.5. The van der Waals surface area contributed by atoms with Gasteiger partial charge in [0.15, 0.2) is 5.84 Å². The van der Waals surface area contributed by atoms with E-state index >= 15 is 0 Å². The van der Waals surface area contributed by atoms with Crippen molar-refractivity contribution in [2.45, 2.75) is 6.92 Å². The van der Waals surface area contributed by atoms with E-state index in [4.69, 9.17) is 10.9 Å². The third-order valence-corrected chi connectivity index (χ3v) is 3.76. The Kier molecular flexibility index (Phi) is 4.27. The molecule has 21 heavy (non-hydrogen) atoms. The molecule has 1 aromatic heterocycles. The monoisotopic (exact) mass is 351 g/mol. The summed E-state index contributed by atoms with van der Waals surface area (Å²) in [6, 6.07) is 4.97. The van der Waals surface area contributed by atoms with Gasteiger partial charge in [0.2, 0.25) is 0 Å². The van der Waals surface area contributed by atoms with Crippen LogP contribution in [0, 0.1) is 6.92 Å². The van der Waals surface area contributed by atoms with Crippen molar-refractivity contribution in [2.24, 2.45) is 17.9 Å². The third kappa shape index (κ3) is 3.05. The Morgan fingerprint density at radius 2 is 2.24 bits per heavy atom. The van der Waals surface area contributed by atoms with Crippen LogP contribution in [0.5, 0.6) is 0 Å². The van der Waals surface area contributed by atoms with Crippen molar-refractivity contribution in [1.29, 1.82) is 0 Å². The van der Waals surface area contributed by atoms with Crippen LogP contribution in [-0.2, 0) is 7.05 Å². The lowest BCUT2D eigenvalue weighted by atomic mass is 10.2. The molecule has 0 atom stereocenters. The maximum Gasteiger partial charge on any atom is 0.259 e. The number of benzene rings is 1. The maximum atomic E-state index is 12.2. The average Bonchev–Trinajstić information content (AvgIpc) is 2.80. The minimum atomic E-state index is -0.252. The van der Waals surface area contributed by atoms with Crippen molar-refractivity contribution in [3.63, 3.8) is 0 Å². The molecule has 0 bridgehead atoms. The van der Waals surface area contributed by atoms with Crippen molar-refractivity contribution in [3.8, 4) is 0 Å². The molecule has 0 saturated carbocycles. The molecule has 7 nitrogen and oxygen atoms in total. The number of rotatable bonds is 3. The Bertz CT molecular complexity index is 723. The Hall–Kier alpha value is -2.35. The van der Waals surface area contributed by atoms with Gasteiger partial charge in [-0.3, -0.25) is 9.48 Å². The van der Waals surface area contributed by atoms with Crippen LogP contribution < -0.4 is 11.1 Å². The van der Waals surface area contributed by atoms with Crippen LogP contribution in [0.2, 0.25) is 0 Å². The van der Waals surface area contributed by atoms with E-state index in [2.05, 4.69) is 31.5 Å². The number of carbonyl (C=O) groups is 1. The summed E-state index contributed by atoms with van der Waals surface area (Å²) in [5, 5.41) is 18.4. The number of nitrogens with one attached hydrogen (secondary N) is 1. The third-order valence-electron chi connectivity index (χ3n) is 3.10.